The first kappa shape index (κ1) is 28.7. The molecule has 0 saturated carbocycles. The third kappa shape index (κ3) is 7.15. The molecule has 11 heteroatoms. The Bertz CT molecular complexity index is 1130. The summed E-state index contributed by atoms with van der Waals surface area (Å²) in [7, 11) is 0. The summed E-state index contributed by atoms with van der Waals surface area (Å²) >= 11 is 5.21. The SMILES string of the molecule is Cc1cc(C)c(N2C=[N+]([C@H](CNC(=S)Nc3cc(C(F)(F)F)cc(C(F)(F)F)c3)C(C)C)CC2)c(C)c1. The quantitative estimate of drug-likeness (QED) is 0.246. The summed E-state index contributed by atoms with van der Waals surface area (Å²) in [5.74, 6) is 0.192. The average molecular weight is 546 g/mol. The predicted octanol–water partition coefficient (Wildman–Crippen LogP) is 6.52. The Morgan fingerprint density at radius 3 is 1.97 bits per heavy atom. The number of anilines is 2. The Kier molecular flexibility index (Phi) is 8.46. The molecule has 0 spiro atoms. The van der Waals surface area contributed by atoms with Crippen molar-refractivity contribution in [3.63, 3.8) is 0 Å². The van der Waals surface area contributed by atoms with Gasteiger partial charge in [0.2, 0.25) is 6.34 Å². The van der Waals surface area contributed by atoms with Crippen LogP contribution >= 0.6 is 12.2 Å². The fourth-order valence-corrected chi connectivity index (χ4v) is 4.90. The van der Waals surface area contributed by atoms with Crippen LogP contribution in [0.4, 0.5) is 37.7 Å². The molecule has 0 unspecified atom stereocenters. The highest BCUT2D eigenvalue weighted by molar-refractivity contribution is 7.80. The number of benzene rings is 2. The van der Waals surface area contributed by atoms with Crippen LogP contribution in [0.15, 0.2) is 30.3 Å². The highest BCUT2D eigenvalue weighted by Gasteiger charge is 2.37. The summed E-state index contributed by atoms with van der Waals surface area (Å²) < 4.78 is 81.1. The number of nitrogens with one attached hydrogen (secondary N) is 2. The normalized spacial score (nSPS) is 15.1. The number of halogens is 6. The summed E-state index contributed by atoms with van der Waals surface area (Å²) in [6.07, 6.45) is -7.79. The van der Waals surface area contributed by atoms with Crippen LogP contribution in [0.2, 0.25) is 0 Å². The molecule has 202 valence electrons. The fourth-order valence-electron chi connectivity index (χ4n) is 4.70. The largest absolute Gasteiger partial charge is 0.416 e. The maximum Gasteiger partial charge on any atom is 0.416 e. The highest BCUT2D eigenvalue weighted by atomic mass is 32.1. The van der Waals surface area contributed by atoms with E-state index in [1.807, 2.05) is 13.8 Å². The van der Waals surface area contributed by atoms with Crippen LogP contribution in [0.3, 0.4) is 0 Å². The predicted molar refractivity (Wildman–Crippen MR) is 138 cm³/mol. The highest BCUT2D eigenvalue weighted by Crippen LogP contribution is 2.37. The number of rotatable bonds is 6. The van der Waals surface area contributed by atoms with E-state index in [4.69, 9.17) is 12.2 Å². The second-order valence-electron chi connectivity index (χ2n) is 9.73. The summed E-state index contributed by atoms with van der Waals surface area (Å²) in [6.45, 7) is 12.2. The Morgan fingerprint density at radius 2 is 1.49 bits per heavy atom. The van der Waals surface area contributed by atoms with Crippen molar-refractivity contribution in [2.24, 2.45) is 5.92 Å². The van der Waals surface area contributed by atoms with Gasteiger partial charge in [0, 0.05) is 5.69 Å². The Labute approximate surface area is 218 Å². The van der Waals surface area contributed by atoms with Crippen LogP contribution in [0, 0.1) is 26.7 Å². The molecule has 0 bridgehead atoms. The maximum atomic E-state index is 13.2. The van der Waals surface area contributed by atoms with Gasteiger partial charge in [-0.25, -0.2) is 4.90 Å². The average Bonchev–Trinajstić information content (AvgIpc) is 3.20. The standard InChI is InChI=1S/C26H30F6N4S/c1-15(2)22(35-6-7-36(14-35)23-17(4)8-16(3)9-18(23)5)13-33-24(37)34-21-11-19(25(27,28)29)10-20(12-21)26(30,31)32/h8-12,14-15,22H,6-7,13H2,1-5H3,(H-,33,34,37)/p+1/t22-/m1/s1. The lowest BCUT2D eigenvalue weighted by Gasteiger charge is -2.22. The Hall–Kier alpha value is -2.82. The molecule has 4 nitrogen and oxygen atoms in total. The van der Waals surface area contributed by atoms with Gasteiger partial charge in [-0.3, -0.25) is 4.58 Å². The van der Waals surface area contributed by atoms with Crippen LogP contribution in [-0.2, 0) is 12.4 Å². The monoisotopic (exact) mass is 545 g/mol. The first-order valence-corrected chi connectivity index (χ1v) is 12.3. The molecule has 0 fully saturated rings. The molecule has 1 heterocycles. The van der Waals surface area contributed by atoms with E-state index < -0.39 is 23.5 Å². The topological polar surface area (TPSA) is 30.3 Å². The lowest BCUT2D eigenvalue weighted by molar-refractivity contribution is -0.558. The summed E-state index contributed by atoms with van der Waals surface area (Å²) in [6, 6.07) is 5.58. The zero-order valence-electron chi connectivity index (χ0n) is 21.3. The van der Waals surface area contributed by atoms with Crippen molar-refractivity contribution < 1.29 is 30.9 Å². The van der Waals surface area contributed by atoms with E-state index in [0.717, 1.165) is 18.8 Å². The summed E-state index contributed by atoms with van der Waals surface area (Å²) in [4.78, 5) is 2.21. The molecule has 2 aromatic rings. The van der Waals surface area contributed by atoms with E-state index in [-0.39, 0.29) is 28.8 Å². The van der Waals surface area contributed by atoms with Gasteiger partial charge < -0.3 is 10.6 Å². The van der Waals surface area contributed by atoms with Crippen LogP contribution in [0.1, 0.15) is 41.7 Å². The van der Waals surface area contributed by atoms with Gasteiger partial charge in [-0.05, 0) is 68.2 Å². The van der Waals surface area contributed by atoms with Crippen molar-refractivity contribution in [3.8, 4) is 0 Å². The van der Waals surface area contributed by atoms with E-state index in [0.29, 0.717) is 18.7 Å². The van der Waals surface area contributed by atoms with Gasteiger partial charge >= 0.3 is 12.4 Å². The van der Waals surface area contributed by atoms with Crippen molar-refractivity contribution in [2.45, 2.75) is 53.0 Å². The molecule has 0 radical (unpaired) electrons. The van der Waals surface area contributed by atoms with E-state index in [1.54, 1.807) is 0 Å². The smallest absolute Gasteiger partial charge is 0.358 e. The molecule has 2 aromatic carbocycles. The fraction of sp³-hybridized carbons (Fsp3) is 0.462. The molecule has 0 aromatic heterocycles. The molecular formula is C26H31F6N4S+. The van der Waals surface area contributed by atoms with Crippen LogP contribution in [-0.4, -0.2) is 41.7 Å². The van der Waals surface area contributed by atoms with Gasteiger partial charge in [0.25, 0.3) is 0 Å². The van der Waals surface area contributed by atoms with Gasteiger partial charge in [-0.1, -0.05) is 31.5 Å². The van der Waals surface area contributed by atoms with Gasteiger partial charge in [0.1, 0.15) is 24.8 Å². The van der Waals surface area contributed by atoms with Crippen LogP contribution < -0.4 is 15.5 Å². The van der Waals surface area contributed by atoms with Crippen molar-refractivity contribution in [1.29, 1.82) is 0 Å². The number of hydrogen-bond acceptors (Lipinski definition) is 2. The lowest BCUT2D eigenvalue weighted by Crippen LogP contribution is -2.43. The van der Waals surface area contributed by atoms with Gasteiger partial charge in [0.15, 0.2) is 5.11 Å². The number of nitrogens with zero attached hydrogens (tertiary/aromatic N) is 2. The van der Waals surface area contributed by atoms with E-state index in [9.17, 15) is 26.3 Å². The second-order valence-corrected chi connectivity index (χ2v) is 10.1. The molecule has 0 amide bonds. The number of hydrogen-bond donors (Lipinski definition) is 2. The van der Waals surface area contributed by atoms with E-state index in [2.05, 4.69) is 59.4 Å². The van der Waals surface area contributed by atoms with Crippen molar-refractivity contribution in [1.82, 2.24) is 5.32 Å². The van der Waals surface area contributed by atoms with Gasteiger partial charge in [0.05, 0.1) is 17.7 Å². The third-order valence-corrected chi connectivity index (χ3v) is 6.57. The molecule has 1 atom stereocenters. The van der Waals surface area contributed by atoms with Crippen molar-refractivity contribution in [3.05, 3.63) is 58.1 Å². The van der Waals surface area contributed by atoms with Crippen molar-refractivity contribution >= 4 is 35.0 Å². The first-order valence-electron chi connectivity index (χ1n) is 11.9. The maximum absolute atomic E-state index is 13.2. The molecule has 1 aliphatic heterocycles. The van der Waals surface area contributed by atoms with E-state index in [1.165, 1.54) is 16.7 Å². The van der Waals surface area contributed by atoms with Crippen molar-refractivity contribution in [2.75, 3.05) is 29.9 Å². The molecule has 2 N–H and O–H groups in total. The first-order chi connectivity index (χ1) is 17.1. The molecule has 1 aliphatic rings. The minimum Gasteiger partial charge on any atom is -0.358 e. The lowest BCUT2D eigenvalue weighted by atomic mass is 10.0. The Balaban J connectivity index is 1.74. The molecule has 37 heavy (non-hydrogen) atoms. The van der Waals surface area contributed by atoms with E-state index >= 15 is 0 Å². The second kappa shape index (κ2) is 10.9. The molecule has 0 saturated heterocycles. The molecule has 0 aliphatic carbocycles. The Morgan fingerprint density at radius 1 is 0.946 bits per heavy atom. The van der Waals surface area contributed by atoms with Gasteiger partial charge in [-0.2, -0.15) is 26.3 Å². The number of alkyl halides is 6. The number of thiocarbonyl (C=S) groups is 1. The van der Waals surface area contributed by atoms with Crippen LogP contribution in [0.5, 0.6) is 0 Å². The minimum absolute atomic E-state index is 0.0111. The third-order valence-electron chi connectivity index (χ3n) is 6.32. The molecular weight excluding hydrogens is 514 g/mol. The summed E-state index contributed by atoms with van der Waals surface area (Å²) in [5.41, 5.74) is 1.53. The summed E-state index contributed by atoms with van der Waals surface area (Å²) in [5, 5.41) is 5.40. The van der Waals surface area contributed by atoms with Crippen LogP contribution in [0.25, 0.3) is 0 Å². The van der Waals surface area contributed by atoms with Gasteiger partial charge in [-0.15, -0.1) is 0 Å². The minimum atomic E-state index is -4.93. The number of aryl methyl sites for hydroxylation is 3. The zero-order chi connectivity index (χ0) is 27.7. The zero-order valence-corrected chi connectivity index (χ0v) is 22.1. The molecule has 3 rings (SSSR count).